The Morgan fingerprint density at radius 3 is 2.93 bits per heavy atom. The molecule has 0 unspecified atom stereocenters. The van der Waals surface area contributed by atoms with Gasteiger partial charge in [-0.1, -0.05) is 24.3 Å². The molecule has 14 heavy (non-hydrogen) atoms. The van der Waals surface area contributed by atoms with Crippen molar-refractivity contribution in [1.82, 2.24) is 5.32 Å². The second-order valence-electron chi connectivity index (χ2n) is 3.89. The van der Waals surface area contributed by atoms with Gasteiger partial charge >= 0.3 is 0 Å². The lowest BCUT2D eigenvalue weighted by Gasteiger charge is -2.15. The molecule has 0 saturated carbocycles. The zero-order chi connectivity index (χ0) is 9.80. The van der Waals surface area contributed by atoms with Gasteiger partial charge in [0.15, 0.2) is 0 Å². The summed E-state index contributed by atoms with van der Waals surface area (Å²) < 4.78 is 0. The van der Waals surface area contributed by atoms with Crippen molar-refractivity contribution in [1.29, 1.82) is 0 Å². The van der Waals surface area contributed by atoms with Crippen molar-refractivity contribution >= 4 is 0 Å². The number of hydrogen-bond acceptors (Lipinski definition) is 2. The Bertz CT molecular complexity index is 290. The predicted molar refractivity (Wildman–Crippen MR) is 59.2 cm³/mol. The molecular weight excluding hydrogens is 172 g/mol. The molecule has 1 aromatic rings. The zero-order valence-corrected chi connectivity index (χ0v) is 8.50. The van der Waals surface area contributed by atoms with E-state index in [4.69, 9.17) is 5.73 Å². The molecule has 2 heteroatoms. The molecule has 76 valence electrons. The molecule has 0 aromatic heterocycles. The van der Waals surface area contributed by atoms with E-state index in [9.17, 15) is 0 Å². The highest BCUT2D eigenvalue weighted by atomic mass is 14.9. The molecule has 1 saturated heterocycles. The summed E-state index contributed by atoms with van der Waals surface area (Å²) in [5.41, 5.74) is 8.47. The van der Waals surface area contributed by atoms with Gasteiger partial charge in [-0.25, -0.2) is 0 Å². The fourth-order valence-electron chi connectivity index (χ4n) is 2.21. The van der Waals surface area contributed by atoms with Gasteiger partial charge in [0.1, 0.15) is 0 Å². The maximum absolute atomic E-state index is 5.61. The zero-order valence-electron chi connectivity index (χ0n) is 8.50. The van der Waals surface area contributed by atoms with Crippen LogP contribution in [0, 0.1) is 0 Å². The Kier molecular flexibility index (Phi) is 3.17. The Labute approximate surface area is 85.5 Å². The van der Waals surface area contributed by atoms with Crippen LogP contribution in [0.25, 0.3) is 0 Å². The summed E-state index contributed by atoms with van der Waals surface area (Å²) in [6.45, 7) is 1.89. The second kappa shape index (κ2) is 4.58. The molecule has 0 aliphatic carbocycles. The summed E-state index contributed by atoms with van der Waals surface area (Å²) in [5, 5.41) is 3.53. The molecule has 1 aromatic carbocycles. The van der Waals surface area contributed by atoms with E-state index in [0.29, 0.717) is 6.04 Å². The standard InChI is InChI=1S/C12H18N2/c13-8-7-10-4-1-2-5-11(10)12-6-3-9-14-12/h1-2,4-5,12,14H,3,6-9,13H2/t12-/m0/s1. The topological polar surface area (TPSA) is 38.0 Å². The third-order valence-electron chi connectivity index (χ3n) is 2.90. The van der Waals surface area contributed by atoms with E-state index in [1.165, 1.54) is 24.0 Å². The van der Waals surface area contributed by atoms with Gasteiger partial charge in [0, 0.05) is 6.04 Å². The Balaban J connectivity index is 2.21. The van der Waals surface area contributed by atoms with Gasteiger partial charge in [-0.3, -0.25) is 0 Å². The number of nitrogens with two attached hydrogens (primary N) is 1. The van der Waals surface area contributed by atoms with Crippen LogP contribution in [0.1, 0.15) is 30.0 Å². The molecule has 0 bridgehead atoms. The molecule has 1 fully saturated rings. The van der Waals surface area contributed by atoms with Gasteiger partial charge in [-0.05, 0) is 43.5 Å². The minimum atomic E-state index is 0.567. The van der Waals surface area contributed by atoms with Gasteiger partial charge in [-0.15, -0.1) is 0 Å². The summed E-state index contributed by atoms with van der Waals surface area (Å²) >= 11 is 0. The fraction of sp³-hybridized carbons (Fsp3) is 0.500. The molecule has 1 atom stereocenters. The lowest BCUT2D eigenvalue weighted by Crippen LogP contribution is -2.15. The van der Waals surface area contributed by atoms with Crippen molar-refractivity contribution in [2.24, 2.45) is 5.73 Å². The second-order valence-corrected chi connectivity index (χ2v) is 3.89. The Morgan fingerprint density at radius 1 is 1.36 bits per heavy atom. The smallest absolute Gasteiger partial charge is 0.0323 e. The molecule has 1 aliphatic rings. The molecule has 2 rings (SSSR count). The van der Waals surface area contributed by atoms with Gasteiger partial charge in [0.2, 0.25) is 0 Å². The van der Waals surface area contributed by atoms with Crippen LogP contribution in [0.2, 0.25) is 0 Å². The van der Waals surface area contributed by atoms with Gasteiger partial charge in [0.05, 0.1) is 0 Å². The monoisotopic (exact) mass is 190 g/mol. The van der Waals surface area contributed by atoms with Gasteiger partial charge in [0.25, 0.3) is 0 Å². The third-order valence-corrected chi connectivity index (χ3v) is 2.90. The first-order chi connectivity index (χ1) is 6.92. The SMILES string of the molecule is NCCc1ccccc1[C@@H]1CCCN1. The first-order valence-electron chi connectivity index (χ1n) is 5.43. The van der Waals surface area contributed by atoms with Crippen molar-refractivity contribution in [2.45, 2.75) is 25.3 Å². The molecule has 3 N–H and O–H groups in total. The summed E-state index contributed by atoms with van der Waals surface area (Å²) in [6.07, 6.45) is 3.55. The largest absolute Gasteiger partial charge is 0.330 e. The van der Waals surface area contributed by atoms with E-state index in [-0.39, 0.29) is 0 Å². The van der Waals surface area contributed by atoms with Crippen LogP contribution in [0.15, 0.2) is 24.3 Å². The molecule has 1 heterocycles. The van der Waals surface area contributed by atoms with Crippen LogP contribution in [0.3, 0.4) is 0 Å². The maximum atomic E-state index is 5.61. The lowest BCUT2D eigenvalue weighted by molar-refractivity contribution is 0.639. The first-order valence-corrected chi connectivity index (χ1v) is 5.43. The van der Waals surface area contributed by atoms with E-state index in [0.717, 1.165) is 19.5 Å². The molecule has 0 spiro atoms. The van der Waals surface area contributed by atoms with E-state index in [1.54, 1.807) is 0 Å². The van der Waals surface area contributed by atoms with Crippen LogP contribution in [0.5, 0.6) is 0 Å². The molecule has 2 nitrogen and oxygen atoms in total. The Hall–Kier alpha value is -0.860. The van der Waals surface area contributed by atoms with Crippen LogP contribution in [-0.4, -0.2) is 13.1 Å². The van der Waals surface area contributed by atoms with Gasteiger partial charge in [-0.2, -0.15) is 0 Å². The summed E-state index contributed by atoms with van der Waals surface area (Å²) in [4.78, 5) is 0. The average molecular weight is 190 g/mol. The summed E-state index contributed by atoms with van der Waals surface area (Å²) in [6, 6.07) is 9.22. The highest BCUT2D eigenvalue weighted by molar-refractivity contribution is 5.30. The minimum absolute atomic E-state index is 0.567. The van der Waals surface area contributed by atoms with E-state index >= 15 is 0 Å². The summed E-state index contributed by atoms with van der Waals surface area (Å²) in [7, 11) is 0. The van der Waals surface area contributed by atoms with Crippen LogP contribution >= 0.6 is 0 Å². The van der Waals surface area contributed by atoms with Crippen molar-refractivity contribution < 1.29 is 0 Å². The van der Waals surface area contributed by atoms with Crippen LogP contribution in [0.4, 0.5) is 0 Å². The molecule has 1 aliphatic heterocycles. The minimum Gasteiger partial charge on any atom is -0.330 e. The maximum Gasteiger partial charge on any atom is 0.0323 e. The quantitative estimate of drug-likeness (QED) is 0.760. The first kappa shape index (κ1) is 9.69. The van der Waals surface area contributed by atoms with Crippen molar-refractivity contribution in [3.05, 3.63) is 35.4 Å². The number of hydrogen-bond donors (Lipinski definition) is 2. The summed E-state index contributed by atoms with van der Waals surface area (Å²) in [5.74, 6) is 0. The molecule has 0 radical (unpaired) electrons. The third kappa shape index (κ3) is 1.97. The van der Waals surface area contributed by atoms with Crippen molar-refractivity contribution in [3.63, 3.8) is 0 Å². The highest BCUT2D eigenvalue weighted by Gasteiger charge is 2.17. The van der Waals surface area contributed by atoms with Crippen LogP contribution in [-0.2, 0) is 6.42 Å². The van der Waals surface area contributed by atoms with Crippen molar-refractivity contribution in [2.75, 3.05) is 13.1 Å². The average Bonchev–Trinajstić information content (AvgIpc) is 2.72. The van der Waals surface area contributed by atoms with Gasteiger partial charge < -0.3 is 11.1 Å². The predicted octanol–water partition coefficient (Wildman–Crippen LogP) is 1.61. The number of nitrogens with one attached hydrogen (secondary N) is 1. The lowest BCUT2D eigenvalue weighted by atomic mass is 9.97. The number of benzene rings is 1. The van der Waals surface area contributed by atoms with E-state index in [1.807, 2.05) is 0 Å². The van der Waals surface area contributed by atoms with Crippen molar-refractivity contribution in [3.8, 4) is 0 Å². The molecular formula is C12H18N2. The van der Waals surface area contributed by atoms with E-state index in [2.05, 4.69) is 29.6 Å². The molecule has 0 amide bonds. The normalized spacial score (nSPS) is 21.4. The Morgan fingerprint density at radius 2 is 2.21 bits per heavy atom. The van der Waals surface area contributed by atoms with Crippen LogP contribution < -0.4 is 11.1 Å². The number of rotatable bonds is 3. The highest BCUT2D eigenvalue weighted by Crippen LogP contribution is 2.25. The fourth-order valence-corrected chi connectivity index (χ4v) is 2.21. The van der Waals surface area contributed by atoms with E-state index < -0.39 is 0 Å².